The molecule has 0 radical (unpaired) electrons. The van der Waals surface area contributed by atoms with Gasteiger partial charge in [-0.3, -0.25) is 4.79 Å². The van der Waals surface area contributed by atoms with E-state index >= 15 is 0 Å². The smallest absolute Gasteiger partial charge is 0.220 e. The van der Waals surface area contributed by atoms with Gasteiger partial charge in [0.15, 0.2) is 0 Å². The Hall–Kier alpha value is -0.870. The van der Waals surface area contributed by atoms with Crippen LogP contribution in [0.4, 0.5) is 0 Å². The summed E-state index contributed by atoms with van der Waals surface area (Å²) in [6.45, 7) is 4.46. The van der Waals surface area contributed by atoms with Crippen LogP contribution in [0.15, 0.2) is 17.5 Å². The Bertz CT molecular complexity index is 485. The number of hydrogen-bond donors (Lipinski definition) is 2. The number of thiophene rings is 1. The molecule has 2 saturated heterocycles. The summed E-state index contributed by atoms with van der Waals surface area (Å²) in [4.78, 5) is 14.0. The van der Waals surface area contributed by atoms with Crippen LogP contribution < -0.4 is 10.6 Å². The Balaban J connectivity index is 1.59. The number of fused-ring (bicyclic) bond motifs is 2. The van der Waals surface area contributed by atoms with E-state index in [0.29, 0.717) is 30.3 Å². The molecule has 0 aliphatic carbocycles. The molecule has 2 aliphatic rings. The Kier molecular flexibility index (Phi) is 5.76. The van der Waals surface area contributed by atoms with Gasteiger partial charge in [0.2, 0.25) is 5.91 Å². The molecule has 0 saturated carbocycles. The second-order valence-electron chi connectivity index (χ2n) is 7.32. The molecule has 2 bridgehead atoms. The zero-order valence-electron chi connectivity index (χ0n) is 14.4. The highest BCUT2D eigenvalue weighted by Gasteiger charge is 2.34. The van der Waals surface area contributed by atoms with E-state index in [1.165, 1.54) is 30.6 Å². The molecule has 1 aromatic heterocycles. The third-order valence-electron chi connectivity index (χ3n) is 5.73. The molecule has 1 aromatic rings. The molecule has 0 aromatic carbocycles. The predicted octanol–water partition coefficient (Wildman–Crippen LogP) is 4.26. The molecule has 3 heterocycles. The minimum Gasteiger partial charge on any atom is -0.348 e. The number of carbonyl (C=O) groups is 1. The average Bonchev–Trinajstić information content (AvgIpc) is 3.17. The van der Waals surface area contributed by atoms with Gasteiger partial charge in [-0.2, -0.15) is 0 Å². The lowest BCUT2D eigenvalue weighted by molar-refractivity contribution is -0.123. The van der Waals surface area contributed by atoms with Crippen molar-refractivity contribution in [2.45, 2.75) is 76.9 Å². The zero-order chi connectivity index (χ0) is 16.2. The second-order valence-corrected chi connectivity index (χ2v) is 8.30. The first-order valence-corrected chi connectivity index (χ1v) is 10.2. The lowest BCUT2D eigenvalue weighted by atomic mass is 9.88. The summed E-state index contributed by atoms with van der Waals surface area (Å²) in [6, 6.07) is 5.78. The zero-order valence-corrected chi connectivity index (χ0v) is 15.2. The molecule has 2 aliphatic heterocycles. The van der Waals surface area contributed by atoms with Crippen LogP contribution in [0.2, 0.25) is 0 Å². The molecule has 3 nitrogen and oxygen atoms in total. The summed E-state index contributed by atoms with van der Waals surface area (Å²) in [5.74, 6) is 1.35. The van der Waals surface area contributed by atoms with E-state index in [4.69, 9.17) is 0 Å². The van der Waals surface area contributed by atoms with Gasteiger partial charge in [0.25, 0.3) is 0 Å². The average molecular weight is 335 g/mol. The van der Waals surface area contributed by atoms with Gasteiger partial charge in [-0.1, -0.05) is 32.8 Å². The molecule has 2 N–H and O–H groups in total. The predicted molar refractivity (Wildman–Crippen MR) is 96.6 cm³/mol. The quantitative estimate of drug-likeness (QED) is 0.782. The SMILES string of the molecule is CCC(CC)C(NC(=O)CC1CC2CCC(C1)N2)c1cccs1. The Morgan fingerprint density at radius 3 is 2.57 bits per heavy atom. The van der Waals surface area contributed by atoms with E-state index < -0.39 is 0 Å². The fourth-order valence-electron chi connectivity index (χ4n) is 4.49. The van der Waals surface area contributed by atoms with Gasteiger partial charge in [0.1, 0.15) is 0 Å². The van der Waals surface area contributed by atoms with E-state index in [2.05, 4.69) is 42.0 Å². The van der Waals surface area contributed by atoms with E-state index in [1.807, 2.05) is 0 Å². The van der Waals surface area contributed by atoms with E-state index in [-0.39, 0.29) is 11.9 Å². The van der Waals surface area contributed by atoms with Crippen molar-refractivity contribution in [3.63, 3.8) is 0 Å². The van der Waals surface area contributed by atoms with Gasteiger partial charge in [-0.15, -0.1) is 11.3 Å². The Morgan fingerprint density at radius 1 is 1.30 bits per heavy atom. The molecule has 128 valence electrons. The fraction of sp³-hybridized carbons (Fsp3) is 0.737. The minimum atomic E-state index is 0.191. The first kappa shape index (κ1) is 17.0. The maximum absolute atomic E-state index is 12.7. The Labute approximate surface area is 144 Å². The van der Waals surface area contributed by atoms with Crippen molar-refractivity contribution in [3.8, 4) is 0 Å². The van der Waals surface area contributed by atoms with Crippen molar-refractivity contribution in [3.05, 3.63) is 22.4 Å². The van der Waals surface area contributed by atoms with Crippen LogP contribution in [0.1, 0.15) is 69.7 Å². The monoisotopic (exact) mass is 334 g/mol. The lowest BCUT2D eigenvalue weighted by Gasteiger charge is -2.30. The molecule has 2 fully saturated rings. The number of hydrogen-bond acceptors (Lipinski definition) is 3. The third kappa shape index (κ3) is 4.16. The van der Waals surface area contributed by atoms with Gasteiger partial charge in [0.05, 0.1) is 6.04 Å². The Morgan fingerprint density at radius 2 is 2.00 bits per heavy atom. The van der Waals surface area contributed by atoms with Crippen molar-refractivity contribution < 1.29 is 4.79 Å². The van der Waals surface area contributed by atoms with Crippen LogP contribution in [0, 0.1) is 11.8 Å². The number of piperidine rings is 1. The standard InChI is InChI=1S/C19H30N2OS/c1-3-14(4-2)19(17-6-5-9-23-17)21-18(22)12-13-10-15-7-8-16(11-13)20-15/h5-6,9,13-16,19-20H,3-4,7-8,10-12H2,1-2H3,(H,21,22). The largest absolute Gasteiger partial charge is 0.348 e. The molecule has 3 rings (SSSR count). The van der Waals surface area contributed by atoms with Crippen LogP contribution in [0.5, 0.6) is 0 Å². The first-order valence-electron chi connectivity index (χ1n) is 9.28. The number of amides is 1. The van der Waals surface area contributed by atoms with Crippen molar-refractivity contribution in [1.29, 1.82) is 0 Å². The number of rotatable bonds is 7. The molecule has 1 amide bonds. The topological polar surface area (TPSA) is 41.1 Å². The molecule has 4 heteroatoms. The van der Waals surface area contributed by atoms with Crippen LogP contribution in [0.25, 0.3) is 0 Å². The van der Waals surface area contributed by atoms with Gasteiger partial charge in [-0.25, -0.2) is 0 Å². The van der Waals surface area contributed by atoms with Gasteiger partial charge in [0, 0.05) is 23.4 Å². The van der Waals surface area contributed by atoms with Crippen LogP contribution in [0.3, 0.4) is 0 Å². The third-order valence-corrected chi connectivity index (χ3v) is 6.69. The van der Waals surface area contributed by atoms with Crippen LogP contribution in [-0.2, 0) is 4.79 Å². The molecule has 3 atom stereocenters. The lowest BCUT2D eigenvalue weighted by Crippen LogP contribution is -2.40. The summed E-state index contributed by atoms with van der Waals surface area (Å²) in [5.41, 5.74) is 0. The fourth-order valence-corrected chi connectivity index (χ4v) is 5.36. The number of nitrogens with one attached hydrogen (secondary N) is 2. The van der Waals surface area contributed by atoms with E-state index in [1.54, 1.807) is 11.3 Å². The summed E-state index contributed by atoms with van der Waals surface area (Å²) < 4.78 is 0. The molecular formula is C19H30N2OS. The van der Waals surface area contributed by atoms with Crippen LogP contribution >= 0.6 is 11.3 Å². The highest BCUT2D eigenvalue weighted by atomic mass is 32.1. The summed E-state index contributed by atoms with van der Waals surface area (Å²) in [6.07, 6.45) is 7.88. The summed E-state index contributed by atoms with van der Waals surface area (Å²) >= 11 is 1.76. The summed E-state index contributed by atoms with van der Waals surface area (Å²) in [7, 11) is 0. The van der Waals surface area contributed by atoms with Crippen molar-refractivity contribution in [2.24, 2.45) is 11.8 Å². The van der Waals surface area contributed by atoms with Gasteiger partial charge in [-0.05, 0) is 49.0 Å². The maximum atomic E-state index is 12.7. The number of carbonyl (C=O) groups excluding carboxylic acids is 1. The summed E-state index contributed by atoms with van der Waals surface area (Å²) in [5, 5.41) is 9.15. The highest BCUT2D eigenvalue weighted by Crippen LogP contribution is 2.34. The molecule has 23 heavy (non-hydrogen) atoms. The van der Waals surface area contributed by atoms with Crippen molar-refractivity contribution >= 4 is 17.2 Å². The van der Waals surface area contributed by atoms with Crippen molar-refractivity contribution in [2.75, 3.05) is 0 Å². The van der Waals surface area contributed by atoms with E-state index in [0.717, 1.165) is 12.8 Å². The van der Waals surface area contributed by atoms with Gasteiger partial charge < -0.3 is 10.6 Å². The minimum absolute atomic E-state index is 0.191. The molecule has 0 spiro atoms. The normalized spacial score (nSPS) is 28.0. The van der Waals surface area contributed by atoms with Gasteiger partial charge >= 0.3 is 0 Å². The van der Waals surface area contributed by atoms with Crippen molar-refractivity contribution in [1.82, 2.24) is 10.6 Å². The van der Waals surface area contributed by atoms with E-state index in [9.17, 15) is 4.79 Å². The second kappa shape index (κ2) is 7.80. The molecular weight excluding hydrogens is 304 g/mol. The highest BCUT2D eigenvalue weighted by molar-refractivity contribution is 7.10. The molecule has 3 unspecified atom stereocenters. The first-order chi connectivity index (χ1) is 11.2. The maximum Gasteiger partial charge on any atom is 0.220 e. The van der Waals surface area contributed by atoms with Crippen LogP contribution in [-0.4, -0.2) is 18.0 Å².